The molecule has 0 spiro atoms. The summed E-state index contributed by atoms with van der Waals surface area (Å²) in [6.07, 6.45) is 4.56. The fourth-order valence-corrected chi connectivity index (χ4v) is 2.64. The number of carbonyl (C=O) groups excluding carboxylic acids is 1. The maximum absolute atomic E-state index is 12.2. The van der Waals surface area contributed by atoms with Crippen molar-refractivity contribution in [2.75, 3.05) is 11.9 Å². The molecule has 108 valence electrons. The van der Waals surface area contributed by atoms with E-state index < -0.39 is 0 Å². The summed E-state index contributed by atoms with van der Waals surface area (Å²) in [6, 6.07) is 7.79. The van der Waals surface area contributed by atoms with Crippen molar-refractivity contribution < 1.29 is 4.79 Å². The van der Waals surface area contributed by atoms with Gasteiger partial charge in [-0.2, -0.15) is 5.10 Å². The minimum absolute atomic E-state index is 0.0812. The van der Waals surface area contributed by atoms with Crippen LogP contribution in [0, 0.1) is 0 Å². The molecule has 1 N–H and O–H groups in total. The Morgan fingerprint density at radius 1 is 1.25 bits per heavy atom. The Labute approximate surface area is 127 Å². The second-order valence-corrected chi connectivity index (χ2v) is 5.64. The van der Waals surface area contributed by atoms with Gasteiger partial charge in [-0.3, -0.25) is 9.48 Å². The molecule has 0 aliphatic carbocycles. The predicted octanol–water partition coefficient (Wildman–Crippen LogP) is 3.26. The van der Waals surface area contributed by atoms with E-state index in [1.165, 1.54) is 12.8 Å². The molecule has 1 aromatic carbocycles. The number of nitrogens with one attached hydrogen (secondary N) is 1. The molecule has 0 saturated carbocycles. The zero-order valence-electron chi connectivity index (χ0n) is 11.7. The van der Waals surface area contributed by atoms with Gasteiger partial charge < -0.3 is 5.32 Å². The molecule has 0 atom stereocenters. The molecule has 0 radical (unpaired) electrons. The van der Waals surface area contributed by atoms with Crippen LogP contribution >= 0.6 is 15.9 Å². The molecule has 4 nitrogen and oxygen atoms in total. The van der Waals surface area contributed by atoms with Gasteiger partial charge in [0.2, 0.25) is 0 Å². The highest BCUT2D eigenvalue weighted by Gasteiger charge is 2.14. The van der Waals surface area contributed by atoms with E-state index in [-0.39, 0.29) is 5.91 Å². The number of para-hydroxylation sites is 1. The zero-order chi connectivity index (χ0) is 14.4. The molecule has 2 aromatic rings. The molecule has 1 aromatic heterocycles. The molecule has 1 amide bonds. The Morgan fingerprint density at radius 3 is 2.80 bits per heavy atom. The van der Waals surface area contributed by atoms with Crippen molar-refractivity contribution in [3.63, 3.8) is 0 Å². The van der Waals surface area contributed by atoms with Crippen molar-refractivity contribution in [1.29, 1.82) is 0 Å². The number of benzene rings is 1. The van der Waals surface area contributed by atoms with Crippen molar-refractivity contribution in [1.82, 2.24) is 15.1 Å². The highest BCUT2D eigenvalue weighted by atomic mass is 79.9. The van der Waals surface area contributed by atoms with E-state index in [4.69, 9.17) is 0 Å². The lowest BCUT2D eigenvalue weighted by molar-refractivity contribution is 0.0949. The van der Waals surface area contributed by atoms with Crippen LogP contribution in [0.25, 0.3) is 10.9 Å². The van der Waals surface area contributed by atoms with Crippen molar-refractivity contribution in [3.8, 4) is 0 Å². The summed E-state index contributed by atoms with van der Waals surface area (Å²) in [6.45, 7) is 0.714. The Hall–Kier alpha value is -1.36. The standard InChI is InChI=1S/C15H20BrN3O/c1-19-13-9-5-4-8-12(13)14(18-19)15(20)17-11-7-3-2-6-10-16/h4-5,8-9H,2-3,6-7,10-11H2,1H3,(H,17,20). The lowest BCUT2D eigenvalue weighted by Gasteiger charge is -2.03. The van der Waals surface area contributed by atoms with Crippen LogP contribution in [-0.2, 0) is 7.05 Å². The van der Waals surface area contributed by atoms with E-state index in [9.17, 15) is 4.79 Å². The fraction of sp³-hybridized carbons (Fsp3) is 0.467. The maximum atomic E-state index is 12.2. The quantitative estimate of drug-likeness (QED) is 0.622. The first kappa shape index (κ1) is 15.0. The Kier molecular flexibility index (Phi) is 5.59. The number of aromatic nitrogens is 2. The van der Waals surface area contributed by atoms with Gasteiger partial charge in [0.25, 0.3) is 5.91 Å². The first-order valence-electron chi connectivity index (χ1n) is 7.00. The molecule has 2 rings (SSSR count). The van der Waals surface area contributed by atoms with Gasteiger partial charge in [0.05, 0.1) is 5.52 Å². The molecular formula is C15H20BrN3O. The Morgan fingerprint density at radius 2 is 2.00 bits per heavy atom. The summed E-state index contributed by atoms with van der Waals surface area (Å²) >= 11 is 3.42. The number of carbonyl (C=O) groups is 1. The number of amides is 1. The summed E-state index contributed by atoms with van der Waals surface area (Å²) < 4.78 is 1.75. The van der Waals surface area contributed by atoms with Gasteiger partial charge in [-0.05, 0) is 18.9 Å². The summed E-state index contributed by atoms with van der Waals surface area (Å²) in [5.41, 5.74) is 1.50. The van der Waals surface area contributed by atoms with Crippen molar-refractivity contribution in [2.45, 2.75) is 25.7 Å². The third-order valence-corrected chi connectivity index (χ3v) is 3.88. The highest BCUT2D eigenvalue weighted by molar-refractivity contribution is 9.09. The molecule has 0 unspecified atom stereocenters. The molecule has 0 bridgehead atoms. The third kappa shape index (κ3) is 3.60. The smallest absolute Gasteiger partial charge is 0.272 e. The van der Waals surface area contributed by atoms with Gasteiger partial charge >= 0.3 is 0 Å². The summed E-state index contributed by atoms with van der Waals surface area (Å²) in [5, 5.41) is 9.24. The average molecular weight is 338 g/mol. The number of fused-ring (bicyclic) bond motifs is 1. The predicted molar refractivity (Wildman–Crippen MR) is 85.3 cm³/mol. The molecule has 1 heterocycles. The van der Waals surface area contributed by atoms with E-state index in [0.717, 1.165) is 29.1 Å². The average Bonchev–Trinajstić information content (AvgIpc) is 2.80. The molecule has 0 saturated heterocycles. The summed E-state index contributed by atoms with van der Waals surface area (Å²) in [4.78, 5) is 12.2. The van der Waals surface area contributed by atoms with Crippen LogP contribution in [0.2, 0.25) is 0 Å². The van der Waals surface area contributed by atoms with Gasteiger partial charge in [-0.1, -0.05) is 47.0 Å². The van der Waals surface area contributed by atoms with Gasteiger partial charge in [0.1, 0.15) is 0 Å². The summed E-state index contributed by atoms with van der Waals surface area (Å²) in [5.74, 6) is -0.0812. The van der Waals surface area contributed by atoms with E-state index in [0.29, 0.717) is 12.2 Å². The van der Waals surface area contributed by atoms with E-state index >= 15 is 0 Å². The van der Waals surface area contributed by atoms with Crippen LogP contribution in [0.15, 0.2) is 24.3 Å². The van der Waals surface area contributed by atoms with E-state index in [1.807, 2.05) is 31.3 Å². The minimum atomic E-state index is -0.0812. The molecule has 0 fully saturated rings. The second-order valence-electron chi connectivity index (χ2n) is 4.85. The molecule has 5 heteroatoms. The molecule has 0 aliphatic heterocycles. The third-order valence-electron chi connectivity index (χ3n) is 3.32. The number of nitrogens with zero attached hydrogens (tertiary/aromatic N) is 2. The van der Waals surface area contributed by atoms with Crippen LogP contribution in [0.1, 0.15) is 36.2 Å². The lowest BCUT2D eigenvalue weighted by atomic mass is 10.2. The van der Waals surface area contributed by atoms with Crippen LogP contribution in [-0.4, -0.2) is 27.6 Å². The van der Waals surface area contributed by atoms with Gasteiger partial charge in [-0.15, -0.1) is 0 Å². The van der Waals surface area contributed by atoms with Crippen LogP contribution in [0.3, 0.4) is 0 Å². The molecule has 0 aliphatic rings. The topological polar surface area (TPSA) is 46.9 Å². The maximum Gasteiger partial charge on any atom is 0.272 e. The van der Waals surface area contributed by atoms with Crippen molar-refractivity contribution in [3.05, 3.63) is 30.0 Å². The minimum Gasteiger partial charge on any atom is -0.351 e. The number of halogens is 1. The first-order chi connectivity index (χ1) is 9.74. The summed E-state index contributed by atoms with van der Waals surface area (Å²) in [7, 11) is 1.86. The van der Waals surface area contributed by atoms with Crippen LogP contribution in [0.4, 0.5) is 0 Å². The molecule has 20 heavy (non-hydrogen) atoms. The number of aryl methyl sites for hydroxylation is 1. The van der Waals surface area contributed by atoms with E-state index in [2.05, 4.69) is 26.3 Å². The molecular weight excluding hydrogens is 318 g/mol. The van der Waals surface area contributed by atoms with Gasteiger partial charge in [-0.25, -0.2) is 0 Å². The SMILES string of the molecule is Cn1nc(C(=O)NCCCCCCBr)c2ccccc21. The normalized spacial score (nSPS) is 10.9. The first-order valence-corrected chi connectivity index (χ1v) is 8.12. The number of alkyl halides is 1. The van der Waals surface area contributed by atoms with Gasteiger partial charge in [0, 0.05) is 24.3 Å². The number of rotatable bonds is 7. The second kappa shape index (κ2) is 7.43. The van der Waals surface area contributed by atoms with Crippen molar-refractivity contribution >= 4 is 32.7 Å². The Balaban J connectivity index is 1.91. The van der Waals surface area contributed by atoms with Crippen LogP contribution < -0.4 is 5.32 Å². The van der Waals surface area contributed by atoms with E-state index in [1.54, 1.807) is 4.68 Å². The zero-order valence-corrected chi connectivity index (χ0v) is 13.3. The Bertz CT molecular complexity index is 580. The van der Waals surface area contributed by atoms with Crippen molar-refractivity contribution in [2.24, 2.45) is 7.05 Å². The number of hydrogen-bond acceptors (Lipinski definition) is 2. The monoisotopic (exact) mass is 337 g/mol. The number of unbranched alkanes of at least 4 members (excludes halogenated alkanes) is 3. The van der Waals surface area contributed by atoms with Gasteiger partial charge in [0.15, 0.2) is 5.69 Å². The fourth-order valence-electron chi connectivity index (χ4n) is 2.24. The number of hydrogen-bond donors (Lipinski definition) is 1. The largest absolute Gasteiger partial charge is 0.351 e. The van der Waals surface area contributed by atoms with Crippen LogP contribution in [0.5, 0.6) is 0 Å². The lowest BCUT2D eigenvalue weighted by Crippen LogP contribution is -2.25. The highest BCUT2D eigenvalue weighted by Crippen LogP contribution is 2.17.